The summed E-state index contributed by atoms with van der Waals surface area (Å²) in [6.45, 7) is 4.65. The van der Waals surface area contributed by atoms with Crippen molar-refractivity contribution in [3.05, 3.63) is 0 Å². The second kappa shape index (κ2) is 6.50. The highest BCUT2D eigenvalue weighted by molar-refractivity contribution is 5.78. The number of nitrogens with one attached hydrogen (secondary N) is 1. The molecule has 13 heavy (non-hydrogen) atoms. The van der Waals surface area contributed by atoms with E-state index >= 15 is 0 Å². The van der Waals surface area contributed by atoms with Crippen LogP contribution in [0, 0.1) is 18.3 Å². The molecule has 3 N–H and O–H groups in total. The van der Waals surface area contributed by atoms with Crippen LogP contribution in [0.5, 0.6) is 0 Å². The summed E-state index contributed by atoms with van der Waals surface area (Å²) in [6, 6.07) is 0.0563. The van der Waals surface area contributed by atoms with E-state index in [-0.39, 0.29) is 18.4 Å². The normalized spacial score (nSPS) is 12.2. The van der Waals surface area contributed by atoms with Gasteiger partial charge in [-0.1, -0.05) is 19.8 Å². The van der Waals surface area contributed by atoms with Crippen LogP contribution in [0.3, 0.4) is 0 Å². The number of hydrogen-bond acceptors (Lipinski definition) is 2. The molecule has 3 heteroatoms. The maximum atomic E-state index is 11.1. The fraction of sp³-hybridized carbons (Fsp3) is 0.700. The van der Waals surface area contributed by atoms with Gasteiger partial charge in [-0.25, -0.2) is 0 Å². The van der Waals surface area contributed by atoms with Crippen molar-refractivity contribution in [2.24, 2.45) is 11.7 Å². The van der Waals surface area contributed by atoms with Crippen LogP contribution < -0.4 is 11.1 Å². The van der Waals surface area contributed by atoms with Crippen molar-refractivity contribution in [2.75, 3.05) is 6.54 Å². The van der Waals surface area contributed by atoms with E-state index in [1.54, 1.807) is 0 Å². The summed E-state index contributed by atoms with van der Waals surface area (Å²) in [5.41, 5.74) is 5.50. The number of nitrogens with two attached hydrogens (primary N) is 1. The second-order valence-corrected chi connectivity index (χ2v) is 3.51. The van der Waals surface area contributed by atoms with Gasteiger partial charge < -0.3 is 11.1 Å². The molecule has 0 aliphatic carbocycles. The zero-order chi connectivity index (χ0) is 10.3. The van der Waals surface area contributed by atoms with E-state index in [1.165, 1.54) is 0 Å². The smallest absolute Gasteiger partial charge is 0.232 e. The van der Waals surface area contributed by atoms with Gasteiger partial charge in [-0.3, -0.25) is 4.79 Å². The van der Waals surface area contributed by atoms with Gasteiger partial charge in [0.1, 0.15) is 0 Å². The van der Waals surface area contributed by atoms with Crippen molar-refractivity contribution in [1.29, 1.82) is 0 Å². The first-order chi connectivity index (χ1) is 6.10. The number of carbonyl (C=O) groups excluding carboxylic acids is 1. The average Bonchev–Trinajstić information content (AvgIpc) is 2.02. The molecule has 0 aliphatic rings. The van der Waals surface area contributed by atoms with E-state index in [2.05, 4.69) is 25.1 Å². The predicted molar refractivity (Wildman–Crippen MR) is 53.9 cm³/mol. The summed E-state index contributed by atoms with van der Waals surface area (Å²) >= 11 is 0. The fourth-order valence-electron chi connectivity index (χ4n) is 1.15. The van der Waals surface area contributed by atoms with E-state index in [0.717, 1.165) is 6.42 Å². The third-order valence-corrected chi connectivity index (χ3v) is 1.67. The third kappa shape index (κ3) is 6.18. The molecule has 3 nitrogen and oxygen atoms in total. The van der Waals surface area contributed by atoms with Crippen molar-refractivity contribution in [3.8, 4) is 12.3 Å². The zero-order valence-electron chi connectivity index (χ0n) is 8.34. The lowest BCUT2D eigenvalue weighted by Gasteiger charge is -2.17. The summed E-state index contributed by atoms with van der Waals surface area (Å²) in [7, 11) is 0. The van der Waals surface area contributed by atoms with Crippen molar-refractivity contribution in [1.82, 2.24) is 5.32 Å². The topological polar surface area (TPSA) is 55.1 Å². The molecule has 0 aromatic carbocycles. The molecule has 74 valence electrons. The minimum Gasteiger partial charge on any atom is -0.351 e. The van der Waals surface area contributed by atoms with Crippen LogP contribution in [-0.4, -0.2) is 18.5 Å². The van der Waals surface area contributed by atoms with Gasteiger partial charge in [0.05, 0.1) is 6.42 Å². The fourth-order valence-corrected chi connectivity index (χ4v) is 1.15. The number of rotatable bonds is 5. The molecule has 0 bridgehead atoms. The van der Waals surface area contributed by atoms with Gasteiger partial charge in [-0.05, 0) is 12.3 Å². The largest absolute Gasteiger partial charge is 0.351 e. The van der Waals surface area contributed by atoms with Crippen molar-refractivity contribution in [3.63, 3.8) is 0 Å². The first kappa shape index (κ1) is 12.0. The van der Waals surface area contributed by atoms with Gasteiger partial charge in [0.25, 0.3) is 0 Å². The highest BCUT2D eigenvalue weighted by Gasteiger charge is 2.10. The third-order valence-electron chi connectivity index (χ3n) is 1.67. The summed E-state index contributed by atoms with van der Waals surface area (Å²) < 4.78 is 0. The Morgan fingerprint density at radius 2 is 2.23 bits per heavy atom. The molecular formula is C10H18N2O. The molecule has 0 saturated carbocycles. The molecule has 0 aromatic heterocycles. The number of carbonyl (C=O) groups is 1. The van der Waals surface area contributed by atoms with Gasteiger partial charge in [-0.15, -0.1) is 6.42 Å². The molecule has 0 radical (unpaired) electrons. The second-order valence-electron chi connectivity index (χ2n) is 3.51. The average molecular weight is 182 g/mol. The Balaban J connectivity index is 3.84. The van der Waals surface area contributed by atoms with Gasteiger partial charge in [0, 0.05) is 12.6 Å². The number of terminal acetylenes is 1. The minimum atomic E-state index is -0.112. The Hall–Kier alpha value is -1.01. The first-order valence-electron chi connectivity index (χ1n) is 4.53. The maximum absolute atomic E-state index is 11.1. The SMILES string of the molecule is C#CCC(=O)NC(CN)CC(C)C. The molecule has 1 unspecified atom stereocenters. The molecule has 1 amide bonds. The molecule has 0 saturated heterocycles. The van der Waals surface area contributed by atoms with Gasteiger partial charge in [0.15, 0.2) is 0 Å². The Bertz CT molecular complexity index is 194. The standard InChI is InChI=1S/C10H18N2O/c1-4-5-10(13)12-9(7-11)6-8(2)3/h1,8-9H,5-7,11H2,2-3H3,(H,12,13). The predicted octanol–water partition coefficient (Wildman–Crippen LogP) is 0.499. The molecule has 0 heterocycles. The van der Waals surface area contributed by atoms with Crippen LogP contribution >= 0.6 is 0 Å². The summed E-state index contributed by atoms with van der Waals surface area (Å²) in [6.07, 6.45) is 6.03. The Labute approximate surface area is 80.1 Å². The zero-order valence-corrected chi connectivity index (χ0v) is 8.34. The molecule has 0 aromatic rings. The van der Waals surface area contributed by atoms with E-state index in [4.69, 9.17) is 12.2 Å². The van der Waals surface area contributed by atoms with Crippen molar-refractivity contribution in [2.45, 2.75) is 32.7 Å². The maximum Gasteiger partial charge on any atom is 0.232 e. The van der Waals surface area contributed by atoms with E-state index in [1.807, 2.05) is 0 Å². The molecule has 0 spiro atoms. The van der Waals surface area contributed by atoms with E-state index in [9.17, 15) is 4.79 Å². The Morgan fingerprint density at radius 3 is 2.62 bits per heavy atom. The monoisotopic (exact) mass is 182 g/mol. The van der Waals surface area contributed by atoms with Crippen LogP contribution in [-0.2, 0) is 4.79 Å². The molecule has 0 fully saturated rings. The Kier molecular flexibility index (Phi) is 5.99. The van der Waals surface area contributed by atoms with Gasteiger partial charge in [-0.2, -0.15) is 0 Å². The quantitative estimate of drug-likeness (QED) is 0.608. The van der Waals surface area contributed by atoms with Crippen LogP contribution in [0.4, 0.5) is 0 Å². The highest BCUT2D eigenvalue weighted by Crippen LogP contribution is 2.03. The summed E-state index contributed by atoms with van der Waals surface area (Å²) in [5, 5.41) is 2.79. The highest BCUT2D eigenvalue weighted by atomic mass is 16.1. The summed E-state index contributed by atoms with van der Waals surface area (Å²) in [4.78, 5) is 11.1. The molecule has 0 rings (SSSR count). The van der Waals surface area contributed by atoms with Crippen LogP contribution in [0.1, 0.15) is 26.7 Å². The lowest BCUT2D eigenvalue weighted by molar-refractivity contribution is -0.120. The minimum absolute atomic E-state index is 0.0563. The lowest BCUT2D eigenvalue weighted by atomic mass is 10.0. The van der Waals surface area contributed by atoms with Gasteiger partial charge in [0.2, 0.25) is 5.91 Å². The number of hydrogen-bond donors (Lipinski definition) is 2. The number of amides is 1. The van der Waals surface area contributed by atoms with Gasteiger partial charge >= 0.3 is 0 Å². The van der Waals surface area contributed by atoms with Crippen LogP contribution in [0.15, 0.2) is 0 Å². The first-order valence-corrected chi connectivity index (χ1v) is 4.53. The molecule has 1 atom stereocenters. The van der Waals surface area contributed by atoms with Crippen LogP contribution in [0.25, 0.3) is 0 Å². The van der Waals surface area contributed by atoms with E-state index in [0.29, 0.717) is 12.5 Å². The lowest BCUT2D eigenvalue weighted by Crippen LogP contribution is -2.40. The summed E-state index contributed by atoms with van der Waals surface area (Å²) in [5.74, 6) is 2.71. The van der Waals surface area contributed by atoms with Crippen molar-refractivity contribution >= 4 is 5.91 Å². The van der Waals surface area contributed by atoms with E-state index < -0.39 is 0 Å². The molecule has 0 aliphatic heterocycles. The van der Waals surface area contributed by atoms with Crippen LogP contribution in [0.2, 0.25) is 0 Å². The van der Waals surface area contributed by atoms with Crippen molar-refractivity contribution < 1.29 is 4.79 Å². The molecular weight excluding hydrogens is 164 g/mol. The Morgan fingerprint density at radius 1 is 1.62 bits per heavy atom.